The van der Waals surface area contributed by atoms with E-state index in [1.807, 2.05) is 18.2 Å². The molecule has 4 rings (SSSR count). The first-order valence-electron chi connectivity index (χ1n) is 8.71. The van der Waals surface area contributed by atoms with Crippen LogP contribution >= 0.6 is 11.6 Å². The summed E-state index contributed by atoms with van der Waals surface area (Å²) in [7, 11) is 1.60. The molecule has 0 unspecified atom stereocenters. The summed E-state index contributed by atoms with van der Waals surface area (Å²) in [5.74, 6) is 1.71. The monoisotopic (exact) mass is 369 g/mol. The molecule has 26 heavy (non-hydrogen) atoms. The number of halogens is 1. The molecule has 2 aromatic carbocycles. The maximum atomic E-state index is 12.7. The van der Waals surface area contributed by atoms with Gasteiger partial charge in [-0.25, -0.2) is 4.98 Å². The molecule has 1 saturated heterocycles. The molecule has 1 fully saturated rings. The number of hydrogen-bond donors (Lipinski definition) is 0. The van der Waals surface area contributed by atoms with Crippen LogP contribution in [-0.2, 0) is 11.3 Å². The van der Waals surface area contributed by atoms with Crippen molar-refractivity contribution in [3.8, 4) is 5.75 Å². The predicted molar refractivity (Wildman–Crippen MR) is 103 cm³/mol. The van der Waals surface area contributed by atoms with Gasteiger partial charge < -0.3 is 14.2 Å². The van der Waals surface area contributed by atoms with Crippen molar-refractivity contribution in [2.75, 3.05) is 18.6 Å². The third-order valence-corrected chi connectivity index (χ3v) is 5.16. The summed E-state index contributed by atoms with van der Waals surface area (Å²) in [5.41, 5.74) is 2.79. The number of para-hydroxylation sites is 2. The van der Waals surface area contributed by atoms with Gasteiger partial charge in [-0.2, -0.15) is 0 Å². The first-order valence-corrected chi connectivity index (χ1v) is 9.09. The van der Waals surface area contributed by atoms with Gasteiger partial charge in [0.1, 0.15) is 11.6 Å². The van der Waals surface area contributed by atoms with E-state index >= 15 is 0 Å². The molecule has 1 aliphatic rings. The number of ether oxygens (including phenoxy) is 1. The Kier molecular flexibility index (Phi) is 4.32. The van der Waals surface area contributed by atoms with Gasteiger partial charge in [0.15, 0.2) is 0 Å². The van der Waals surface area contributed by atoms with Gasteiger partial charge in [-0.3, -0.25) is 4.79 Å². The molecule has 2 heterocycles. The third-order valence-electron chi connectivity index (χ3n) is 4.92. The van der Waals surface area contributed by atoms with Crippen molar-refractivity contribution in [1.82, 2.24) is 9.55 Å². The molecule has 0 saturated carbocycles. The lowest BCUT2D eigenvalue weighted by atomic mass is 10.1. The van der Waals surface area contributed by atoms with Crippen LogP contribution in [0.2, 0.25) is 5.02 Å². The minimum atomic E-state index is 0.0403. The first-order chi connectivity index (χ1) is 12.6. The molecular weight excluding hydrogens is 350 g/mol. The van der Waals surface area contributed by atoms with Crippen LogP contribution in [0.3, 0.4) is 0 Å². The van der Waals surface area contributed by atoms with Crippen molar-refractivity contribution in [3.63, 3.8) is 0 Å². The van der Waals surface area contributed by atoms with Crippen molar-refractivity contribution >= 4 is 34.2 Å². The van der Waals surface area contributed by atoms with Gasteiger partial charge in [0, 0.05) is 30.5 Å². The molecule has 1 aliphatic heterocycles. The molecule has 0 spiro atoms. The average Bonchev–Trinajstić information content (AvgIpc) is 3.21. The normalized spacial score (nSPS) is 17.3. The number of amides is 1. The van der Waals surface area contributed by atoms with E-state index in [1.54, 1.807) is 30.2 Å². The highest BCUT2D eigenvalue weighted by atomic mass is 35.5. The molecule has 0 N–H and O–H groups in total. The third kappa shape index (κ3) is 2.72. The van der Waals surface area contributed by atoms with Crippen molar-refractivity contribution < 1.29 is 9.53 Å². The van der Waals surface area contributed by atoms with Crippen molar-refractivity contribution in [3.05, 3.63) is 53.3 Å². The summed E-state index contributed by atoms with van der Waals surface area (Å²) < 4.78 is 7.62. The van der Waals surface area contributed by atoms with Crippen LogP contribution in [0.4, 0.5) is 5.69 Å². The summed E-state index contributed by atoms with van der Waals surface area (Å²) >= 11 is 6.14. The Morgan fingerprint density at radius 1 is 1.27 bits per heavy atom. The van der Waals surface area contributed by atoms with Gasteiger partial charge in [0.25, 0.3) is 0 Å². The van der Waals surface area contributed by atoms with E-state index in [4.69, 9.17) is 21.3 Å². The zero-order chi connectivity index (χ0) is 18.3. The molecule has 3 aromatic rings. The van der Waals surface area contributed by atoms with Gasteiger partial charge in [0.2, 0.25) is 5.91 Å². The molecule has 5 nitrogen and oxygen atoms in total. The number of benzene rings is 2. The van der Waals surface area contributed by atoms with E-state index in [0.717, 1.165) is 23.4 Å². The minimum absolute atomic E-state index is 0.0403. The average molecular weight is 370 g/mol. The van der Waals surface area contributed by atoms with Crippen molar-refractivity contribution in [2.24, 2.45) is 0 Å². The van der Waals surface area contributed by atoms with Crippen LogP contribution < -0.4 is 9.64 Å². The number of rotatable bonds is 4. The predicted octanol–water partition coefficient (Wildman–Crippen LogP) is 4.24. The van der Waals surface area contributed by atoms with Gasteiger partial charge in [-0.1, -0.05) is 23.7 Å². The quantitative estimate of drug-likeness (QED) is 0.691. The number of imidazole rings is 1. The molecule has 0 radical (unpaired) electrons. The lowest BCUT2D eigenvalue weighted by Gasteiger charge is -2.20. The lowest BCUT2D eigenvalue weighted by Crippen LogP contribution is -2.25. The van der Waals surface area contributed by atoms with E-state index in [-0.39, 0.29) is 11.8 Å². The second-order valence-electron chi connectivity index (χ2n) is 6.42. The maximum Gasteiger partial charge on any atom is 0.227 e. The first kappa shape index (κ1) is 16.9. The van der Waals surface area contributed by atoms with Gasteiger partial charge in [-0.05, 0) is 37.3 Å². The fourth-order valence-corrected chi connectivity index (χ4v) is 3.89. The van der Waals surface area contributed by atoms with Crippen LogP contribution in [-0.4, -0.2) is 29.1 Å². The van der Waals surface area contributed by atoms with E-state index in [2.05, 4.69) is 17.6 Å². The number of aromatic nitrogens is 2. The van der Waals surface area contributed by atoms with Crippen molar-refractivity contribution in [1.29, 1.82) is 0 Å². The largest absolute Gasteiger partial charge is 0.495 e. The highest BCUT2D eigenvalue weighted by Crippen LogP contribution is 2.38. The summed E-state index contributed by atoms with van der Waals surface area (Å²) in [5, 5.41) is 0.581. The zero-order valence-corrected chi connectivity index (χ0v) is 15.5. The van der Waals surface area contributed by atoms with E-state index in [1.165, 1.54) is 0 Å². The Labute approximate surface area is 157 Å². The fraction of sp³-hybridized carbons (Fsp3) is 0.300. The summed E-state index contributed by atoms with van der Waals surface area (Å²) in [6, 6.07) is 13.4. The standard InChI is InChI=1S/C20H20ClN3O2/c1-3-23-16-7-5-4-6-15(16)22-20(23)13-10-19(25)24(12-13)17-11-14(21)8-9-18(17)26-2/h4-9,11,13H,3,10,12H2,1-2H3/t13-/m0/s1. The number of hydrogen-bond acceptors (Lipinski definition) is 3. The number of carbonyl (C=O) groups excluding carboxylic acids is 1. The van der Waals surface area contributed by atoms with Gasteiger partial charge in [-0.15, -0.1) is 0 Å². The second kappa shape index (κ2) is 6.65. The molecule has 6 heteroatoms. The Bertz CT molecular complexity index is 982. The highest BCUT2D eigenvalue weighted by molar-refractivity contribution is 6.31. The molecule has 1 aromatic heterocycles. The molecular formula is C20H20ClN3O2. The SMILES string of the molecule is CCn1c([C@H]2CC(=O)N(c3cc(Cl)ccc3OC)C2)nc2ccccc21. The summed E-state index contributed by atoms with van der Waals surface area (Å²) in [4.78, 5) is 19.3. The number of carbonyl (C=O) groups is 1. The number of nitrogens with zero attached hydrogens (tertiary/aromatic N) is 3. The molecule has 1 atom stereocenters. The smallest absolute Gasteiger partial charge is 0.227 e. The molecule has 0 bridgehead atoms. The maximum absolute atomic E-state index is 12.7. The topological polar surface area (TPSA) is 47.4 Å². The van der Waals surface area contributed by atoms with Crippen LogP contribution in [0.25, 0.3) is 11.0 Å². The van der Waals surface area contributed by atoms with Crippen molar-refractivity contribution in [2.45, 2.75) is 25.8 Å². The van der Waals surface area contributed by atoms with E-state index < -0.39 is 0 Å². The molecule has 1 amide bonds. The Balaban J connectivity index is 1.72. The molecule has 0 aliphatic carbocycles. The number of methoxy groups -OCH3 is 1. The minimum Gasteiger partial charge on any atom is -0.495 e. The van der Waals surface area contributed by atoms with Gasteiger partial charge >= 0.3 is 0 Å². The number of anilines is 1. The Morgan fingerprint density at radius 3 is 2.85 bits per heavy atom. The Morgan fingerprint density at radius 2 is 2.08 bits per heavy atom. The lowest BCUT2D eigenvalue weighted by molar-refractivity contribution is -0.117. The second-order valence-corrected chi connectivity index (χ2v) is 6.86. The molecule has 134 valence electrons. The van der Waals surface area contributed by atoms with E-state index in [0.29, 0.717) is 29.4 Å². The zero-order valence-electron chi connectivity index (χ0n) is 14.8. The highest BCUT2D eigenvalue weighted by Gasteiger charge is 2.35. The Hall–Kier alpha value is -2.53. The summed E-state index contributed by atoms with van der Waals surface area (Å²) in [6.07, 6.45) is 0.430. The van der Waals surface area contributed by atoms with Crippen LogP contribution in [0.5, 0.6) is 5.75 Å². The van der Waals surface area contributed by atoms with E-state index in [9.17, 15) is 4.79 Å². The van der Waals surface area contributed by atoms with Gasteiger partial charge in [0.05, 0.1) is 23.8 Å². The fourth-order valence-electron chi connectivity index (χ4n) is 3.73. The van der Waals surface area contributed by atoms with Crippen LogP contribution in [0.1, 0.15) is 25.1 Å². The van der Waals surface area contributed by atoms with Crippen LogP contribution in [0.15, 0.2) is 42.5 Å². The van der Waals surface area contributed by atoms with Crippen LogP contribution in [0, 0.1) is 0 Å². The number of aryl methyl sites for hydroxylation is 1. The summed E-state index contributed by atoms with van der Waals surface area (Å²) in [6.45, 7) is 3.49. The number of fused-ring (bicyclic) bond motifs is 1.